The average Bonchev–Trinajstić information content (AvgIpc) is 3.12. The van der Waals surface area contributed by atoms with E-state index in [9.17, 15) is 4.79 Å². The summed E-state index contributed by atoms with van der Waals surface area (Å²) in [6.07, 6.45) is 1.28. The van der Waals surface area contributed by atoms with Gasteiger partial charge in [-0.05, 0) is 56.4 Å². The van der Waals surface area contributed by atoms with Crippen molar-refractivity contribution >= 4 is 11.6 Å². The molecule has 0 bridgehead atoms. The third kappa shape index (κ3) is 3.59. The van der Waals surface area contributed by atoms with Gasteiger partial charge < -0.3 is 14.8 Å². The van der Waals surface area contributed by atoms with E-state index < -0.39 is 0 Å². The number of rotatable bonds is 2. The number of carbonyl (C=O) groups is 1. The van der Waals surface area contributed by atoms with E-state index in [1.165, 1.54) is 0 Å². The second kappa shape index (κ2) is 7.66. The molecule has 0 saturated carbocycles. The standard InChI is InChI=1S/C27H29N5O3/c1-14-10-15(2)29-26(28-14)32-25-22(16(3)31-32)23(17-6-7-20-21(11-17)35-9-8-34-20)24-18(30-25)12-27(4,5)13-19(24)33/h6-7,10-11,23,30H,8-9,12-13H2,1-5H3/t23-/m1/s1. The number of fused-ring (bicyclic) bond motifs is 2. The molecule has 1 aromatic carbocycles. The zero-order chi connectivity index (χ0) is 24.5. The summed E-state index contributed by atoms with van der Waals surface area (Å²) in [4.78, 5) is 22.9. The van der Waals surface area contributed by atoms with E-state index in [1.54, 1.807) is 4.68 Å². The fraction of sp³-hybridized carbons (Fsp3) is 0.407. The Labute approximate surface area is 204 Å². The van der Waals surface area contributed by atoms with Gasteiger partial charge in [0.25, 0.3) is 5.95 Å². The van der Waals surface area contributed by atoms with E-state index in [1.807, 2.05) is 45.0 Å². The van der Waals surface area contributed by atoms with E-state index in [0.29, 0.717) is 31.3 Å². The molecule has 3 aliphatic rings. The first-order valence-electron chi connectivity index (χ1n) is 12.1. The van der Waals surface area contributed by atoms with E-state index in [2.05, 4.69) is 29.1 Å². The average molecular weight is 472 g/mol. The van der Waals surface area contributed by atoms with Crippen molar-refractivity contribution in [2.45, 2.75) is 53.4 Å². The van der Waals surface area contributed by atoms with Crippen LogP contribution in [0, 0.1) is 26.2 Å². The Kier molecular flexibility index (Phi) is 4.78. The summed E-state index contributed by atoms with van der Waals surface area (Å²) >= 11 is 0. The van der Waals surface area contributed by atoms with E-state index in [4.69, 9.17) is 14.6 Å². The molecule has 8 nitrogen and oxygen atoms in total. The molecule has 0 amide bonds. The summed E-state index contributed by atoms with van der Waals surface area (Å²) in [7, 11) is 0. The fourth-order valence-electron chi connectivity index (χ4n) is 5.59. The zero-order valence-corrected chi connectivity index (χ0v) is 20.7. The summed E-state index contributed by atoms with van der Waals surface area (Å²) in [5, 5.41) is 8.46. The molecule has 0 spiro atoms. The monoisotopic (exact) mass is 471 g/mol. The lowest BCUT2D eigenvalue weighted by molar-refractivity contribution is -0.118. The number of aryl methyl sites for hydroxylation is 3. The second-order valence-electron chi connectivity index (χ2n) is 10.5. The molecule has 0 saturated heterocycles. The fourth-order valence-corrected chi connectivity index (χ4v) is 5.59. The van der Waals surface area contributed by atoms with Gasteiger partial charge in [0.05, 0.1) is 5.69 Å². The van der Waals surface area contributed by atoms with Crippen LogP contribution in [0.4, 0.5) is 5.82 Å². The van der Waals surface area contributed by atoms with Crippen LogP contribution in [0.2, 0.25) is 0 Å². The van der Waals surface area contributed by atoms with Crippen LogP contribution in [0.5, 0.6) is 11.5 Å². The van der Waals surface area contributed by atoms with Crippen molar-refractivity contribution in [1.82, 2.24) is 19.7 Å². The van der Waals surface area contributed by atoms with Crippen molar-refractivity contribution in [1.29, 1.82) is 0 Å². The number of hydrogen-bond donors (Lipinski definition) is 1. The lowest BCUT2D eigenvalue weighted by atomic mass is 9.69. The van der Waals surface area contributed by atoms with Crippen LogP contribution in [-0.2, 0) is 4.79 Å². The molecule has 6 rings (SSSR count). The van der Waals surface area contributed by atoms with Crippen LogP contribution in [0.15, 0.2) is 35.5 Å². The quantitative estimate of drug-likeness (QED) is 0.586. The van der Waals surface area contributed by atoms with Crippen molar-refractivity contribution < 1.29 is 14.3 Å². The van der Waals surface area contributed by atoms with Gasteiger partial charge in [-0.2, -0.15) is 9.78 Å². The van der Waals surface area contributed by atoms with Crippen molar-refractivity contribution in [2.24, 2.45) is 5.41 Å². The number of anilines is 1. The molecule has 1 N–H and O–H groups in total. The minimum atomic E-state index is -0.264. The summed E-state index contributed by atoms with van der Waals surface area (Å²) in [6.45, 7) is 11.2. The predicted octanol–water partition coefficient (Wildman–Crippen LogP) is 4.56. The maximum absolute atomic E-state index is 13.6. The highest BCUT2D eigenvalue weighted by Crippen LogP contribution is 2.51. The Balaban J connectivity index is 1.58. The molecule has 2 aliphatic heterocycles. The van der Waals surface area contributed by atoms with Crippen molar-refractivity contribution in [3.05, 3.63) is 63.7 Å². The summed E-state index contributed by atoms with van der Waals surface area (Å²) in [6, 6.07) is 7.93. The van der Waals surface area contributed by atoms with E-state index in [-0.39, 0.29) is 17.1 Å². The first-order chi connectivity index (χ1) is 16.7. The molecule has 0 unspecified atom stereocenters. The first-order valence-corrected chi connectivity index (χ1v) is 12.1. The van der Waals surface area contributed by atoms with Gasteiger partial charge in [0.2, 0.25) is 0 Å². The Bertz CT molecular complexity index is 1400. The number of nitrogens with one attached hydrogen (secondary N) is 1. The number of aromatic nitrogens is 4. The molecular weight excluding hydrogens is 442 g/mol. The third-order valence-corrected chi connectivity index (χ3v) is 6.93. The minimum absolute atomic E-state index is 0.131. The van der Waals surface area contributed by atoms with Gasteiger partial charge in [0, 0.05) is 40.6 Å². The number of Topliss-reactive ketones (excluding diaryl/α,β-unsaturated/α-hetero) is 1. The smallest absolute Gasteiger partial charge is 0.252 e. The van der Waals surface area contributed by atoms with Crippen molar-refractivity contribution in [2.75, 3.05) is 18.5 Å². The zero-order valence-electron chi connectivity index (χ0n) is 20.7. The molecule has 35 heavy (non-hydrogen) atoms. The van der Waals surface area contributed by atoms with Gasteiger partial charge in [0.1, 0.15) is 19.0 Å². The number of ketones is 1. The maximum Gasteiger partial charge on any atom is 0.252 e. The van der Waals surface area contributed by atoms with Gasteiger partial charge in [-0.15, -0.1) is 0 Å². The largest absolute Gasteiger partial charge is 0.486 e. The molecule has 4 heterocycles. The Morgan fingerprint density at radius 2 is 1.71 bits per heavy atom. The van der Waals surface area contributed by atoms with Crippen LogP contribution in [-0.4, -0.2) is 38.7 Å². The van der Waals surface area contributed by atoms with Crippen molar-refractivity contribution in [3.63, 3.8) is 0 Å². The maximum atomic E-state index is 13.6. The Hall–Kier alpha value is -3.68. The number of carbonyl (C=O) groups excluding carboxylic acids is 1. The molecule has 180 valence electrons. The molecule has 1 aliphatic carbocycles. The highest BCUT2D eigenvalue weighted by atomic mass is 16.6. The van der Waals surface area contributed by atoms with Crippen LogP contribution >= 0.6 is 0 Å². The molecular formula is C27H29N5O3. The predicted molar refractivity (Wildman–Crippen MR) is 131 cm³/mol. The topological polar surface area (TPSA) is 91.2 Å². The van der Waals surface area contributed by atoms with E-state index >= 15 is 0 Å². The normalized spacial score (nSPS) is 20.3. The highest BCUT2D eigenvalue weighted by Gasteiger charge is 2.43. The Morgan fingerprint density at radius 1 is 1.00 bits per heavy atom. The van der Waals surface area contributed by atoms with Crippen LogP contribution in [0.25, 0.3) is 5.95 Å². The van der Waals surface area contributed by atoms with Crippen molar-refractivity contribution in [3.8, 4) is 17.4 Å². The number of nitrogens with zero attached hydrogens (tertiary/aromatic N) is 4. The third-order valence-electron chi connectivity index (χ3n) is 6.93. The van der Waals surface area contributed by atoms with Crippen LogP contribution < -0.4 is 14.8 Å². The Morgan fingerprint density at radius 3 is 2.46 bits per heavy atom. The number of hydrogen-bond acceptors (Lipinski definition) is 7. The summed E-state index contributed by atoms with van der Waals surface area (Å²) in [5.41, 5.74) is 6.18. The summed E-state index contributed by atoms with van der Waals surface area (Å²) in [5.74, 6) is 2.68. The van der Waals surface area contributed by atoms with Gasteiger partial charge in [0.15, 0.2) is 17.3 Å². The van der Waals surface area contributed by atoms with Crippen LogP contribution in [0.3, 0.4) is 0 Å². The van der Waals surface area contributed by atoms with Crippen LogP contribution in [0.1, 0.15) is 60.8 Å². The minimum Gasteiger partial charge on any atom is -0.486 e. The second-order valence-corrected chi connectivity index (χ2v) is 10.5. The molecule has 1 atom stereocenters. The number of allylic oxidation sites excluding steroid dienone is 2. The number of ether oxygens (including phenoxy) is 2. The lowest BCUT2D eigenvalue weighted by Crippen LogP contribution is -2.34. The lowest BCUT2D eigenvalue weighted by Gasteiger charge is -2.38. The molecule has 2 aromatic heterocycles. The molecule has 0 radical (unpaired) electrons. The van der Waals surface area contributed by atoms with Gasteiger partial charge in [-0.3, -0.25) is 4.79 Å². The molecule has 8 heteroatoms. The van der Waals surface area contributed by atoms with Gasteiger partial charge >= 0.3 is 0 Å². The SMILES string of the molecule is Cc1cc(C)nc(-n2nc(C)c3c2NC2=C(C(=O)CC(C)(C)C2)[C@@H]3c2ccc3c(c2)OCCO3)n1. The highest BCUT2D eigenvalue weighted by molar-refractivity contribution is 6.01. The van der Waals surface area contributed by atoms with E-state index in [0.717, 1.165) is 57.5 Å². The molecule has 0 fully saturated rings. The first kappa shape index (κ1) is 21.8. The number of benzene rings is 1. The van der Waals surface area contributed by atoms with Gasteiger partial charge in [-0.25, -0.2) is 9.97 Å². The molecule has 3 aromatic rings. The van der Waals surface area contributed by atoms with Gasteiger partial charge in [-0.1, -0.05) is 19.9 Å². The summed E-state index contributed by atoms with van der Waals surface area (Å²) < 4.78 is 13.4.